The highest BCUT2D eigenvalue weighted by Crippen LogP contribution is 2.37. The van der Waals surface area contributed by atoms with E-state index in [4.69, 9.17) is 16.7 Å². The van der Waals surface area contributed by atoms with Crippen LogP contribution in [0, 0.1) is 0 Å². The van der Waals surface area contributed by atoms with E-state index in [0.29, 0.717) is 10.6 Å². The van der Waals surface area contributed by atoms with Crippen LogP contribution in [0.15, 0.2) is 54.1 Å². The zero-order valence-corrected chi connectivity index (χ0v) is 12.2. The van der Waals surface area contributed by atoms with Crippen molar-refractivity contribution >= 4 is 45.2 Å². The summed E-state index contributed by atoms with van der Waals surface area (Å²) < 4.78 is 0. The smallest absolute Gasteiger partial charge is 0.331 e. The van der Waals surface area contributed by atoms with Gasteiger partial charge in [0.05, 0.1) is 5.02 Å². The van der Waals surface area contributed by atoms with Gasteiger partial charge in [0.25, 0.3) is 0 Å². The summed E-state index contributed by atoms with van der Waals surface area (Å²) in [6, 6.07) is 15.6. The van der Waals surface area contributed by atoms with Crippen LogP contribution in [0.3, 0.4) is 0 Å². The molecule has 104 valence electrons. The Bertz CT molecular complexity index is 837. The lowest BCUT2D eigenvalue weighted by molar-refractivity contribution is -0.132. The van der Waals surface area contributed by atoms with Gasteiger partial charge in [0, 0.05) is 16.3 Å². The molecular weight excluding hydrogens is 284 g/mol. The van der Waals surface area contributed by atoms with Gasteiger partial charge in [-0.15, -0.1) is 0 Å². The van der Waals surface area contributed by atoms with E-state index in [0.717, 1.165) is 27.1 Å². The molecule has 2 nitrogen and oxygen atoms in total. The molecule has 0 aliphatic rings. The largest absolute Gasteiger partial charge is 0.478 e. The lowest BCUT2D eigenvalue weighted by Gasteiger charge is -2.11. The molecule has 1 N–H and O–H groups in total. The topological polar surface area (TPSA) is 37.3 Å². The molecule has 0 saturated heterocycles. The van der Waals surface area contributed by atoms with Gasteiger partial charge in [0.2, 0.25) is 0 Å². The molecule has 0 unspecified atom stereocenters. The first-order valence-electron chi connectivity index (χ1n) is 6.60. The van der Waals surface area contributed by atoms with Crippen molar-refractivity contribution in [3.8, 4) is 0 Å². The molecule has 0 spiro atoms. The Hall–Kier alpha value is -2.32. The summed E-state index contributed by atoms with van der Waals surface area (Å²) in [4.78, 5) is 11.1. The van der Waals surface area contributed by atoms with E-state index in [1.807, 2.05) is 48.5 Å². The zero-order chi connectivity index (χ0) is 15.0. The van der Waals surface area contributed by atoms with Crippen molar-refractivity contribution < 1.29 is 9.90 Å². The molecule has 3 aromatic carbocycles. The maximum Gasteiger partial charge on any atom is 0.331 e. The first-order chi connectivity index (χ1) is 10.1. The zero-order valence-electron chi connectivity index (χ0n) is 11.4. The molecule has 0 aromatic heterocycles. The summed E-state index contributed by atoms with van der Waals surface area (Å²) >= 11 is 6.51. The second-order valence-electron chi connectivity index (χ2n) is 4.95. The summed E-state index contributed by atoms with van der Waals surface area (Å²) in [5.41, 5.74) is 1.19. The Morgan fingerprint density at radius 3 is 1.81 bits per heavy atom. The number of hydrogen-bond donors (Lipinski definition) is 1. The van der Waals surface area contributed by atoms with Gasteiger partial charge in [0.1, 0.15) is 0 Å². The highest BCUT2D eigenvalue weighted by Gasteiger charge is 2.11. The lowest BCUT2D eigenvalue weighted by Crippen LogP contribution is -1.96. The molecule has 0 amide bonds. The fraction of sp³-hybridized carbons (Fsp3) is 0.0556. The Kier molecular flexibility index (Phi) is 3.40. The monoisotopic (exact) mass is 296 g/mol. The molecule has 0 aliphatic heterocycles. The summed E-state index contributed by atoms with van der Waals surface area (Å²) in [6.07, 6.45) is 1.71. The number of carboxylic acid groups (broad SMARTS) is 1. The third kappa shape index (κ3) is 2.28. The fourth-order valence-electron chi connectivity index (χ4n) is 2.54. The van der Waals surface area contributed by atoms with E-state index < -0.39 is 5.97 Å². The maximum atomic E-state index is 11.1. The number of halogens is 1. The van der Waals surface area contributed by atoms with Gasteiger partial charge in [-0.3, -0.25) is 0 Å². The van der Waals surface area contributed by atoms with Crippen LogP contribution in [0.2, 0.25) is 5.02 Å². The summed E-state index contributed by atoms with van der Waals surface area (Å²) in [6.45, 7) is 1.60. The van der Waals surface area contributed by atoms with Crippen molar-refractivity contribution in [3.05, 3.63) is 64.7 Å². The van der Waals surface area contributed by atoms with E-state index in [-0.39, 0.29) is 0 Å². The van der Waals surface area contributed by atoms with Crippen molar-refractivity contribution in [2.24, 2.45) is 0 Å². The number of rotatable bonds is 2. The van der Waals surface area contributed by atoms with Gasteiger partial charge in [0.15, 0.2) is 0 Å². The van der Waals surface area contributed by atoms with E-state index >= 15 is 0 Å². The molecule has 3 aromatic rings. The van der Waals surface area contributed by atoms with Crippen LogP contribution < -0.4 is 0 Å². The average Bonchev–Trinajstić information content (AvgIpc) is 2.51. The molecule has 3 rings (SSSR count). The van der Waals surface area contributed by atoms with Gasteiger partial charge in [-0.05, 0) is 29.3 Å². The van der Waals surface area contributed by atoms with Crippen LogP contribution in [0.25, 0.3) is 27.6 Å². The normalized spacial score (nSPS) is 12.0. The standard InChI is InChI=1S/C18H13ClO2/c1-11(18(20)21)10-16-12-6-2-4-8-14(12)17(19)15-9-5-3-7-13(15)16/h2-10H,1H3,(H,20,21)/b11-10+. The number of fused-ring (bicyclic) bond motifs is 2. The van der Waals surface area contributed by atoms with Crippen LogP contribution in [0.5, 0.6) is 0 Å². The molecule has 0 saturated carbocycles. The van der Waals surface area contributed by atoms with Crippen LogP contribution in [0.1, 0.15) is 12.5 Å². The van der Waals surface area contributed by atoms with Crippen LogP contribution in [-0.4, -0.2) is 11.1 Å². The minimum absolute atomic E-state index is 0.299. The van der Waals surface area contributed by atoms with Crippen molar-refractivity contribution in [2.45, 2.75) is 6.92 Å². The van der Waals surface area contributed by atoms with Gasteiger partial charge in [-0.1, -0.05) is 60.1 Å². The third-order valence-electron chi connectivity index (χ3n) is 3.61. The highest BCUT2D eigenvalue weighted by molar-refractivity contribution is 6.41. The number of hydrogen-bond acceptors (Lipinski definition) is 1. The van der Waals surface area contributed by atoms with Gasteiger partial charge in [-0.25, -0.2) is 4.79 Å². The van der Waals surface area contributed by atoms with Gasteiger partial charge < -0.3 is 5.11 Å². The van der Waals surface area contributed by atoms with Gasteiger partial charge >= 0.3 is 5.97 Å². The third-order valence-corrected chi connectivity index (χ3v) is 4.01. The maximum absolute atomic E-state index is 11.1. The molecule has 0 radical (unpaired) electrons. The van der Waals surface area contributed by atoms with Crippen LogP contribution in [0.4, 0.5) is 0 Å². The Morgan fingerprint density at radius 2 is 1.38 bits per heavy atom. The van der Waals surface area contributed by atoms with Crippen LogP contribution in [-0.2, 0) is 4.79 Å². The van der Waals surface area contributed by atoms with Crippen LogP contribution >= 0.6 is 11.6 Å². The molecular formula is C18H13ClO2. The first-order valence-corrected chi connectivity index (χ1v) is 6.98. The van der Waals surface area contributed by atoms with E-state index in [9.17, 15) is 4.79 Å². The van der Waals surface area contributed by atoms with E-state index in [1.165, 1.54) is 0 Å². The van der Waals surface area contributed by atoms with Crippen molar-refractivity contribution in [2.75, 3.05) is 0 Å². The summed E-state index contributed by atoms with van der Waals surface area (Å²) in [5, 5.41) is 13.6. The molecule has 0 heterocycles. The Labute approximate surface area is 127 Å². The minimum Gasteiger partial charge on any atom is -0.478 e. The lowest BCUT2D eigenvalue weighted by atomic mass is 9.95. The number of carbonyl (C=O) groups is 1. The average molecular weight is 297 g/mol. The summed E-state index contributed by atoms with van der Waals surface area (Å²) in [7, 11) is 0. The molecule has 0 aliphatic carbocycles. The van der Waals surface area contributed by atoms with Crippen molar-refractivity contribution in [1.82, 2.24) is 0 Å². The second kappa shape index (κ2) is 5.23. The SMILES string of the molecule is C/C(=C\c1c2ccccc2c(Cl)c2ccccc12)C(=O)O. The van der Waals surface area contributed by atoms with E-state index in [2.05, 4.69) is 0 Å². The first kappa shape index (κ1) is 13.7. The number of carboxylic acids is 1. The van der Waals surface area contributed by atoms with Crippen molar-refractivity contribution in [1.29, 1.82) is 0 Å². The molecule has 0 atom stereocenters. The predicted molar refractivity (Wildman–Crippen MR) is 87.8 cm³/mol. The highest BCUT2D eigenvalue weighted by atomic mass is 35.5. The molecule has 3 heteroatoms. The number of benzene rings is 3. The molecule has 0 fully saturated rings. The van der Waals surface area contributed by atoms with Gasteiger partial charge in [-0.2, -0.15) is 0 Å². The molecule has 0 bridgehead atoms. The fourth-order valence-corrected chi connectivity index (χ4v) is 2.87. The summed E-state index contributed by atoms with van der Waals surface area (Å²) in [5.74, 6) is -0.918. The quantitative estimate of drug-likeness (QED) is 0.525. The Balaban J connectivity index is 2.52. The minimum atomic E-state index is -0.918. The predicted octanol–water partition coefficient (Wildman–Crippen LogP) is 5.13. The van der Waals surface area contributed by atoms with Crippen molar-refractivity contribution in [3.63, 3.8) is 0 Å². The Morgan fingerprint density at radius 1 is 0.952 bits per heavy atom. The molecule has 21 heavy (non-hydrogen) atoms. The number of aliphatic carboxylic acids is 1. The van der Waals surface area contributed by atoms with E-state index in [1.54, 1.807) is 13.0 Å². The second-order valence-corrected chi connectivity index (χ2v) is 5.33.